The van der Waals surface area contributed by atoms with E-state index in [2.05, 4.69) is 0 Å². The van der Waals surface area contributed by atoms with Crippen molar-refractivity contribution in [2.45, 2.75) is 44.2 Å². The van der Waals surface area contributed by atoms with Crippen molar-refractivity contribution in [3.63, 3.8) is 0 Å². The average molecular weight is 584 g/mol. The summed E-state index contributed by atoms with van der Waals surface area (Å²) in [5.41, 5.74) is 2.77. The number of aromatic hydroxyl groups is 1. The lowest BCUT2D eigenvalue weighted by atomic mass is 9.57. The number of rotatable bonds is 8. The highest BCUT2D eigenvalue weighted by Gasteiger charge is 2.64. The van der Waals surface area contributed by atoms with Crippen molar-refractivity contribution < 1.29 is 44.3 Å². The molecule has 1 saturated carbocycles. The minimum Gasteiger partial charge on any atom is -0.508 e. The van der Waals surface area contributed by atoms with Gasteiger partial charge < -0.3 is 35.8 Å². The molecule has 12 heteroatoms. The zero-order chi connectivity index (χ0) is 31.3. The number of anilines is 1. The van der Waals surface area contributed by atoms with Gasteiger partial charge in [0.25, 0.3) is 5.91 Å². The molecule has 12 nitrogen and oxygen atoms in total. The lowest BCUT2D eigenvalue weighted by Crippen LogP contribution is -2.65. The zero-order valence-corrected chi connectivity index (χ0v) is 24.3. The Morgan fingerprint density at radius 1 is 1.17 bits per heavy atom. The first-order valence-corrected chi connectivity index (χ1v) is 13.7. The summed E-state index contributed by atoms with van der Waals surface area (Å²) >= 11 is 0. The number of ether oxygens (including phenoxy) is 1. The Bertz CT molecular complexity index is 1460. The van der Waals surface area contributed by atoms with Gasteiger partial charge in [0.1, 0.15) is 22.8 Å². The number of likely N-dealkylation sites (N-methyl/N-ethyl adjacent to an activating group) is 1. The molecule has 4 atom stereocenters. The fraction of sp³-hybridized carbons (Fsp3) is 0.467. The number of carbonyl (C=O) groups excluding carboxylic acids is 4. The van der Waals surface area contributed by atoms with E-state index in [-0.39, 0.29) is 36.1 Å². The number of phenols is 1. The number of hydrogen-bond donors (Lipinski definition) is 5. The SMILES string of the molecule is CCCCOC(=O)/C=C/c1cc(N(C)C)c2c(c1O)C(O)=C1C(=O)[C@]3(O)C(O)=C(C(N)=O)C(=O)[C@@H](N(C)C)[C@@H]3C[C@@H]1C2. The van der Waals surface area contributed by atoms with Crippen LogP contribution in [0.3, 0.4) is 0 Å². The molecular weight excluding hydrogens is 546 g/mol. The third kappa shape index (κ3) is 4.74. The van der Waals surface area contributed by atoms with Crippen LogP contribution in [-0.4, -0.2) is 95.2 Å². The van der Waals surface area contributed by atoms with Crippen LogP contribution >= 0.6 is 0 Å². The monoisotopic (exact) mass is 583 g/mol. The Labute approximate surface area is 243 Å². The molecule has 3 aliphatic rings. The number of esters is 1. The third-order valence-electron chi connectivity index (χ3n) is 8.35. The number of hydrogen-bond acceptors (Lipinski definition) is 11. The maximum atomic E-state index is 14.0. The van der Waals surface area contributed by atoms with Gasteiger partial charge >= 0.3 is 5.97 Å². The fourth-order valence-electron chi connectivity index (χ4n) is 6.36. The number of aliphatic hydroxyl groups is 3. The van der Waals surface area contributed by atoms with Gasteiger partial charge in [-0.05, 0) is 57.0 Å². The van der Waals surface area contributed by atoms with Gasteiger partial charge in [0.2, 0.25) is 5.78 Å². The second-order valence-electron chi connectivity index (χ2n) is 11.4. The van der Waals surface area contributed by atoms with Crippen molar-refractivity contribution in [1.82, 2.24) is 4.90 Å². The summed E-state index contributed by atoms with van der Waals surface area (Å²) in [7, 11) is 6.61. The first kappa shape index (κ1) is 30.8. The van der Waals surface area contributed by atoms with E-state index in [1.54, 1.807) is 39.2 Å². The standard InChI is InChI=1S/C30H37N3O9/c1-6-7-10-42-19(34)9-8-14-13-18(32(2)3)16-11-15-12-17-23(33(4)5)26(37)22(29(31)40)28(39)30(17,41)27(38)20(15)25(36)21(16)24(14)35/h8-9,13,15,17,23,35-36,39,41H,6-7,10-12H2,1-5H3,(H2,31,40)/b9-8+/t15-,17-,23-,30-/m0/s1. The Morgan fingerprint density at radius 3 is 2.40 bits per heavy atom. The predicted octanol–water partition coefficient (Wildman–Crippen LogP) is 1.39. The van der Waals surface area contributed by atoms with Crippen LogP contribution in [0.5, 0.6) is 5.75 Å². The summed E-state index contributed by atoms with van der Waals surface area (Å²) in [6.45, 7) is 2.21. The van der Waals surface area contributed by atoms with Crippen LogP contribution in [0.4, 0.5) is 5.69 Å². The van der Waals surface area contributed by atoms with E-state index >= 15 is 0 Å². The second-order valence-corrected chi connectivity index (χ2v) is 11.4. The van der Waals surface area contributed by atoms with Crippen molar-refractivity contribution in [1.29, 1.82) is 0 Å². The molecule has 6 N–H and O–H groups in total. The highest BCUT2D eigenvalue weighted by molar-refractivity contribution is 6.24. The highest BCUT2D eigenvalue weighted by atomic mass is 16.5. The summed E-state index contributed by atoms with van der Waals surface area (Å²) in [4.78, 5) is 54.8. The number of unbranched alkanes of at least 4 members (excludes halogenated alkanes) is 1. The van der Waals surface area contributed by atoms with Crippen LogP contribution in [0.1, 0.15) is 42.9 Å². The van der Waals surface area contributed by atoms with Gasteiger partial charge in [-0.25, -0.2) is 4.79 Å². The van der Waals surface area contributed by atoms with Crippen molar-refractivity contribution in [3.8, 4) is 5.75 Å². The highest BCUT2D eigenvalue weighted by Crippen LogP contribution is 2.54. The number of Topliss-reactive ketones (excluding diaryl/α,β-unsaturated/α-hetero) is 2. The van der Waals surface area contributed by atoms with Gasteiger partial charge in [-0.15, -0.1) is 0 Å². The molecule has 226 valence electrons. The number of carbonyl (C=O) groups is 4. The van der Waals surface area contributed by atoms with Crippen LogP contribution in [0.25, 0.3) is 11.8 Å². The maximum Gasteiger partial charge on any atom is 0.330 e. The predicted molar refractivity (Wildman–Crippen MR) is 153 cm³/mol. The molecule has 4 rings (SSSR count). The van der Waals surface area contributed by atoms with Crippen molar-refractivity contribution >= 4 is 41.0 Å². The van der Waals surface area contributed by atoms with Crippen molar-refractivity contribution in [2.24, 2.45) is 17.6 Å². The zero-order valence-electron chi connectivity index (χ0n) is 24.3. The fourth-order valence-corrected chi connectivity index (χ4v) is 6.36. The van der Waals surface area contributed by atoms with Gasteiger partial charge in [-0.3, -0.25) is 19.3 Å². The molecule has 0 spiro atoms. The van der Waals surface area contributed by atoms with Crippen LogP contribution in [-0.2, 0) is 30.3 Å². The minimum atomic E-state index is -2.72. The van der Waals surface area contributed by atoms with E-state index in [4.69, 9.17) is 10.5 Å². The molecule has 0 saturated heterocycles. The summed E-state index contributed by atoms with van der Waals surface area (Å²) in [6, 6.07) is 0.484. The molecule has 0 bridgehead atoms. The molecule has 0 aliphatic heterocycles. The lowest BCUT2D eigenvalue weighted by Gasteiger charge is -2.50. The molecule has 1 fully saturated rings. The molecule has 0 aromatic heterocycles. The normalized spacial score (nSPS) is 25.5. The van der Waals surface area contributed by atoms with Gasteiger partial charge in [0, 0.05) is 42.9 Å². The van der Waals surface area contributed by atoms with Gasteiger partial charge in [-0.2, -0.15) is 0 Å². The maximum absolute atomic E-state index is 14.0. The number of fused-ring (bicyclic) bond motifs is 3. The van der Waals surface area contributed by atoms with E-state index in [1.807, 2.05) is 6.92 Å². The number of primary amides is 1. The van der Waals surface area contributed by atoms with E-state index in [9.17, 15) is 39.6 Å². The van der Waals surface area contributed by atoms with E-state index in [0.717, 1.165) is 12.5 Å². The smallest absolute Gasteiger partial charge is 0.330 e. The molecule has 0 heterocycles. The molecular formula is C30H37N3O9. The number of benzene rings is 1. The quantitative estimate of drug-likeness (QED) is 0.129. The molecule has 1 aromatic carbocycles. The van der Waals surface area contributed by atoms with Crippen molar-refractivity contribution in [3.05, 3.63) is 45.7 Å². The van der Waals surface area contributed by atoms with Crippen LogP contribution in [0.15, 0.2) is 29.0 Å². The number of nitrogens with zero attached hydrogens (tertiary/aromatic N) is 2. The van der Waals surface area contributed by atoms with Gasteiger partial charge in [-0.1, -0.05) is 13.3 Å². The van der Waals surface area contributed by atoms with Gasteiger partial charge in [0.15, 0.2) is 11.4 Å². The van der Waals surface area contributed by atoms with Gasteiger partial charge in [0.05, 0.1) is 18.2 Å². The number of aliphatic hydroxyl groups excluding tert-OH is 2. The Kier molecular flexibility index (Phi) is 8.25. The van der Waals surface area contributed by atoms with Crippen LogP contribution < -0.4 is 10.6 Å². The number of nitrogens with two attached hydrogens (primary N) is 1. The molecule has 3 aliphatic carbocycles. The molecule has 0 radical (unpaired) electrons. The van der Waals surface area contributed by atoms with Crippen LogP contribution in [0.2, 0.25) is 0 Å². The number of ketones is 2. The third-order valence-corrected chi connectivity index (χ3v) is 8.35. The molecule has 1 amide bonds. The summed E-state index contributed by atoms with van der Waals surface area (Å²) in [6.07, 6.45) is 4.19. The Balaban J connectivity index is 1.89. The summed E-state index contributed by atoms with van der Waals surface area (Å²) in [5, 5.41) is 45.5. The minimum absolute atomic E-state index is 0.00928. The topological polar surface area (TPSA) is 191 Å². The Hall–Kier alpha value is -4.16. The molecule has 0 unspecified atom stereocenters. The molecule has 42 heavy (non-hydrogen) atoms. The van der Waals surface area contributed by atoms with Crippen molar-refractivity contribution in [2.75, 3.05) is 39.7 Å². The second kappa shape index (κ2) is 11.3. The summed E-state index contributed by atoms with van der Waals surface area (Å²) in [5.74, 6) is -7.80. The first-order chi connectivity index (χ1) is 19.7. The lowest BCUT2D eigenvalue weighted by molar-refractivity contribution is -0.153. The van der Waals surface area contributed by atoms with E-state index < -0.39 is 69.8 Å². The van der Waals surface area contributed by atoms with E-state index in [0.29, 0.717) is 17.7 Å². The number of amides is 1. The Morgan fingerprint density at radius 2 is 1.83 bits per heavy atom. The average Bonchev–Trinajstić information content (AvgIpc) is 2.89. The molecule has 1 aromatic rings. The number of phenolic OH excluding ortho intramolecular Hbond substituents is 1. The largest absolute Gasteiger partial charge is 0.508 e. The first-order valence-electron chi connectivity index (χ1n) is 13.7. The van der Waals surface area contributed by atoms with Crippen LogP contribution in [0, 0.1) is 11.8 Å². The summed E-state index contributed by atoms with van der Waals surface area (Å²) < 4.78 is 5.13. The van der Waals surface area contributed by atoms with E-state index in [1.165, 1.54) is 11.0 Å².